The second kappa shape index (κ2) is 5.91. The summed E-state index contributed by atoms with van der Waals surface area (Å²) in [5, 5.41) is 5.13. The number of methoxy groups -OCH3 is 1. The molecule has 1 heterocycles. The summed E-state index contributed by atoms with van der Waals surface area (Å²) in [5.74, 6) is 0.792. The molecule has 0 saturated carbocycles. The summed E-state index contributed by atoms with van der Waals surface area (Å²) in [5.41, 5.74) is 2.84. The zero-order valence-electron chi connectivity index (χ0n) is 12.5. The van der Waals surface area contributed by atoms with Crippen LogP contribution in [0, 0.1) is 0 Å². The van der Waals surface area contributed by atoms with Gasteiger partial charge in [0.25, 0.3) is 0 Å². The molecule has 0 amide bonds. The quantitative estimate of drug-likeness (QED) is 0.800. The van der Waals surface area contributed by atoms with Crippen molar-refractivity contribution in [1.29, 1.82) is 0 Å². The lowest BCUT2D eigenvalue weighted by atomic mass is 10.1. The molecule has 0 spiro atoms. The Kier molecular flexibility index (Phi) is 3.94. The van der Waals surface area contributed by atoms with E-state index in [1.54, 1.807) is 19.2 Å². The smallest absolute Gasteiger partial charge is 0.238 e. The number of benzene rings is 2. The Labute approximate surface area is 135 Å². The topological polar surface area (TPSA) is 74.3 Å². The van der Waals surface area contributed by atoms with Gasteiger partial charge in [-0.25, -0.2) is 13.6 Å². The van der Waals surface area contributed by atoms with E-state index in [1.165, 1.54) is 12.1 Å². The number of nitrogens with zero attached hydrogens (tertiary/aromatic N) is 1. The van der Waals surface area contributed by atoms with Gasteiger partial charge in [0.05, 0.1) is 17.7 Å². The Hall–Kier alpha value is -2.57. The molecule has 3 rings (SSSR count). The number of hydrogen-bond acceptors (Lipinski definition) is 3. The molecule has 0 saturated heterocycles. The highest BCUT2D eigenvalue weighted by Gasteiger charge is 2.10. The zero-order valence-corrected chi connectivity index (χ0v) is 13.3. The molecular weight excluding hydrogens is 312 g/mol. The molecule has 1 aromatic heterocycles. The van der Waals surface area contributed by atoms with Crippen LogP contribution in [0.25, 0.3) is 16.9 Å². The molecule has 2 aromatic carbocycles. The third-order valence-electron chi connectivity index (χ3n) is 3.58. The van der Waals surface area contributed by atoms with Gasteiger partial charge >= 0.3 is 0 Å². The number of primary sulfonamides is 1. The van der Waals surface area contributed by atoms with E-state index in [2.05, 4.69) is 0 Å². The van der Waals surface area contributed by atoms with Crippen molar-refractivity contribution < 1.29 is 13.2 Å². The summed E-state index contributed by atoms with van der Waals surface area (Å²) >= 11 is 0. The van der Waals surface area contributed by atoms with Gasteiger partial charge < -0.3 is 9.30 Å². The number of nitrogens with two attached hydrogens (primary N) is 1. The van der Waals surface area contributed by atoms with E-state index in [0.29, 0.717) is 0 Å². The van der Waals surface area contributed by atoms with Crippen molar-refractivity contribution >= 4 is 10.0 Å². The molecule has 23 heavy (non-hydrogen) atoms. The molecular formula is C17H16N2O3S. The van der Waals surface area contributed by atoms with Gasteiger partial charge in [-0.05, 0) is 54.1 Å². The van der Waals surface area contributed by atoms with Crippen molar-refractivity contribution in [3.63, 3.8) is 0 Å². The van der Waals surface area contributed by atoms with Crippen molar-refractivity contribution in [2.24, 2.45) is 5.14 Å². The van der Waals surface area contributed by atoms with Gasteiger partial charge in [0, 0.05) is 11.9 Å². The summed E-state index contributed by atoms with van der Waals surface area (Å²) in [4.78, 5) is 0.101. The number of aromatic nitrogens is 1. The fraction of sp³-hybridized carbons (Fsp3) is 0.0588. The van der Waals surface area contributed by atoms with Gasteiger partial charge in [-0.1, -0.05) is 12.1 Å². The third kappa shape index (κ3) is 3.13. The van der Waals surface area contributed by atoms with Crippen LogP contribution in [0.3, 0.4) is 0 Å². The van der Waals surface area contributed by atoms with Crippen LogP contribution >= 0.6 is 0 Å². The lowest BCUT2D eigenvalue weighted by Gasteiger charge is -2.10. The Balaban J connectivity index is 2.00. The maximum absolute atomic E-state index is 11.3. The normalized spacial score (nSPS) is 11.4. The van der Waals surface area contributed by atoms with Crippen LogP contribution in [0.1, 0.15) is 0 Å². The minimum atomic E-state index is -3.68. The van der Waals surface area contributed by atoms with Crippen LogP contribution in [0.2, 0.25) is 0 Å². The molecule has 2 N–H and O–H groups in total. The van der Waals surface area contributed by atoms with Gasteiger partial charge in [-0.3, -0.25) is 0 Å². The van der Waals surface area contributed by atoms with Gasteiger partial charge in [0.2, 0.25) is 10.0 Å². The highest BCUT2D eigenvalue weighted by Crippen LogP contribution is 2.25. The first-order valence-electron chi connectivity index (χ1n) is 6.94. The molecule has 3 aromatic rings. The summed E-state index contributed by atoms with van der Waals surface area (Å²) in [6.07, 6.45) is 1.95. The van der Waals surface area contributed by atoms with Crippen LogP contribution in [-0.4, -0.2) is 20.1 Å². The van der Waals surface area contributed by atoms with Crippen molar-refractivity contribution in [3.05, 3.63) is 66.9 Å². The van der Waals surface area contributed by atoms with Crippen molar-refractivity contribution in [3.8, 4) is 22.7 Å². The highest BCUT2D eigenvalue weighted by molar-refractivity contribution is 7.89. The largest absolute Gasteiger partial charge is 0.497 e. The number of rotatable bonds is 4. The molecule has 0 radical (unpaired) electrons. The van der Waals surface area contributed by atoms with Crippen molar-refractivity contribution in [2.45, 2.75) is 4.90 Å². The molecule has 0 aliphatic rings. The first kappa shape index (κ1) is 15.3. The molecule has 0 fully saturated rings. The van der Waals surface area contributed by atoms with E-state index in [1.807, 2.05) is 47.2 Å². The third-order valence-corrected chi connectivity index (χ3v) is 4.51. The fourth-order valence-electron chi connectivity index (χ4n) is 2.40. The van der Waals surface area contributed by atoms with E-state index in [9.17, 15) is 8.42 Å². The number of ether oxygens (including phenoxy) is 1. The van der Waals surface area contributed by atoms with Crippen LogP contribution in [0.15, 0.2) is 71.8 Å². The van der Waals surface area contributed by atoms with E-state index in [0.717, 1.165) is 22.7 Å². The van der Waals surface area contributed by atoms with Gasteiger partial charge in [0.15, 0.2) is 0 Å². The Morgan fingerprint density at radius 2 is 1.61 bits per heavy atom. The van der Waals surface area contributed by atoms with Crippen LogP contribution in [0.4, 0.5) is 0 Å². The molecule has 0 bridgehead atoms. The molecule has 6 heteroatoms. The van der Waals surface area contributed by atoms with E-state index in [4.69, 9.17) is 9.88 Å². The standard InChI is InChI=1S/C17H16N2O3S/c1-22-15-8-6-14(7-9-15)19-12-2-3-17(19)13-4-10-16(11-5-13)23(18,20)21/h2-12H,1H3,(H2,18,20,21). The van der Waals surface area contributed by atoms with Gasteiger partial charge in [-0.2, -0.15) is 0 Å². The van der Waals surface area contributed by atoms with Gasteiger partial charge in [-0.15, -0.1) is 0 Å². The summed E-state index contributed by atoms with van der Waals surface area (Å²) in [6, 6.07) is 18.1. The van der Waals surface area contributed by atoms with Crippen LogP contribution in [0.5, 0.6) is 5.75 Å². The number of hydrogen-bond donors (Lipinski definition) is 1. The van der Waals surface area contributed by atoms with Gasteiger partial charge in [0.1, 0.15) is 5.75 Å². The average molecular weight is 328 g/mol. The molecule has 0 atom stereocenters. The molecule has 0 unspecified atom stereocenters. The lowest BCUT2D eigenvalue weighted by molar-refractivity contribution is 0.415. The summed E-state index contributed by atoms with van der Waals surface area (Å²) in [6.45, 7) is 0. The first-order valence-corrected chi connectivity index (χ1v) is 8.49. The maximum Gasteiger partial charge on any atom is 0.238 e. The first-order chi connectivity index (χ1) is 11.0. The van der Waals surface area contributed by atoms with E-state index < -0.39 is 10.0 Å². The van der Waals surface area contributed by atoms with Crippen molar-refractivity contribution in [2.75, 3.05) is 7.11 Å². The maximum atomic E-state index is 11.3. The van der Waals surface area contributed by atoms with Crippen LogP contribution < -0.4 is 9.88 Å². The molecule has 118 valence electrons. The Morgan fingerprint density at radius 3 is 2.17 bits per heavy atom. The Morgan fingerprint density at radius 1 is 0.957 bits per heavy atom. The van der Waals surface area contributed by atoms with E-state index >= 15 is 0 Å². The summed E-state index contributed by atoms with van der Waals surface area (Å²) < 4.78 is 29.9. The zero-order chi connectivity index (χ0) is 16.4. The fourth-order valence-corrected chi connectivity index (χ4v) is 2.91. The SMILES string of the molecule is COc1ccc(-n2cccc2-c2ccc(S(N)(=O)=O)cc2)cc1. The molecule has 0 aliphatic heterocycles. The predicted molar refractivity (Wildman–Crippen MR) is 89.1 cm³/mol. The monoisotopic (exact) mass is 328 g/mol. The average Bonchev–Trinajstić information content (AvgIpc) is 3.04. The highest BCUT2D eigenvalue weighted by atomic mass is 32.2. The minimum absolute atomic E-state index is 0.101. The van der Waals surface area contributed by atoms with Crippen molar-refractivity contribution in [1.82, 2.24) is 4.57 Å². The Bertz CT molecular complexity index is 911. The second-order valence-electron chi connectivity index (χ2n) is 5.03. The second-order valence-corrected chi connectivity index (χ2v) is 6.59. The number of sulfonamides is 1. The predicted octanol–water partition coefficient (Wildman–Crippen LogP) is 2.80. The molecule has 5 nitrogen and oxygen atoms in total. The minimum Gasteiger partial charge on any atom is -0.497 e. The molecule has 0 aliphatic carbocycles. The van der Waals surface area contributed by atoms with Crippen LogP contribution in [-0.2, 0) is 10.0 Å². The summed E-state index contributed by atoms with van der Waals surface area (Å²) in [7, 11) is -2.05. The lowest BCUT2D eigenvalue weighted by Crippen LogP contribution is -2.11. The van der Waals surface area contributed by atoms with E-state index in [-0.39, 0.29) is 4.90 Å².